The van der Waals surface area contributed by atoms with Crippen LogP contribution in [0.1, 0.15) is 48.5 Å². The molecule has 0 aliphatic heterocycles. The summed E-state index contributed by atoms with van der Waals surface area (Å²) in [4.78, 5) is 12.2. The molecule has 2 N–H and O–H groups in total. The van der Waals surface area contributed by atoms with Gasteiger partial charge in [0.05, 0.1) is 6.61 Å². The minimum absolute atomic E-state index is 0.0274. The molecule has 3 heteroatoms. The lowest BCUT2D eigenvalue weighted by molar-refractivity contribution is 0.0947. The second-order valence-corrected chi connectivity index (χ2v) is 5.85. The highest BCUT2D eigenvalue weighted by molar-refractivity contribution is 5.94. The van der Waals surface area contributed by atoms with E-state index >= 15 is 0 Å². The second kappa shape index (κ2) is 7.85. The molecule has 3 nitrogen and oxygen atoms in total. The maximum absolute atomic E-state index is 12.2. The van der Waals surface area contributed by atoms with Gasteiger partial charge in [-0.1, -0.05) is 31.3 Å². The fraction of sp³-hybridized carbons (Fsp3) is 0.500. The van der Waals surface area contributed by atoms with Crippen LogP contribution in [0, 0.1) is 23.7 Å². The van der Waals surface area contributed by atoms with Crippen molar-refractivity contribution < 1.29 is 9.90 Å². The van der Waals surface area contributed by atoms with E-state index in [1.165, 1.54) is 19.3 Å². The van der Waals surface area contributed by atoms with E-state index < -0.39 is 0 Å². The third-order valence-electron chi connectivity index (χ3n) is 3.95. The Balaban J connectivity index is 1.90. The molecule has 1 aromatic carbocycles. The summed E-state index contributed by atoms with van der Waals surface area (Å²) in [6.07, 6.45) is 4.16. The lowest BCUT2D eigenvalue weighted by Gasteiger charge is -2.11. The summed E-state index contributed by atoms with van der Waals surface area (Å²) in [5, 5.41) is 11.7. The molecule has 1 saturated carbocycles. The Labute approximate surface area is 126 Å². The van der Waals surface area contributed by atoms with Crippen LogP contribution >= 0.6 is 0 Å². The normalized spacial score (nSPS) is 20.7. The summed E-state index contributed by atoms with van der Waals surface area (Å²) in [5.74, 6) is 7.20. The maximum Gasteiger partial charge on any atom is 0.251 e. The zero-order valence-electron chi connectivity index (χ0n) is 12.6. The number of hydrogen-bond acceptors (Lipinski definition) is 2. The van der Waals surface area contributed by atoms with Crippen LogP contribution in [-0.2, 0) is 0 Å². The summed E-state index contributed by atoms with van der Waals surface area (Å²) in [5.41, 5.74) is 1.46. The fourth-order valence-corrected chi connectivity index (χ4v) is 2.81. The summed E-state index contributed by atoms with van der Waals surface area (Å²) >= 11 is 0. The largest absolute Gasteiger partial charge is 0.395 e. The van der Waals surface area contributed by atoms with Crippen LogP contribution in [0.3, 0.4) is 0 Å². The first-order valence-electron chi connectivity index (χ1n) is 7.67. The molecule has 0 heterocycles. The van der Waals surface area contributed by atoms with Gasteiger partial charge in [0, 0.05) is 24.1 Å². The molecule has 0 spiro atoms. The highest BCUT2D eigenvalue weighted by Crippen LogP contribution is 2.29. The van der Waals surface area contributed by atoms with Gasteiger partial charge >= 0.3 is 0 Å². The number of carbonyl (C=O) groups is 1. The van der Waals surface area contributed by atoms with Crippen molar-refractivity contribution in [1.82, 2.24) is 5.32 Å². The molecule has 1 fully saturated rings. The average molecular weight is 285 g/mol. The summed E-state index contributed by atoms with van der Waals surface area (Å²) in [7, 11) is 0. The average Bonchev–Trinajstić information content (AvgIpc) is 2.91. The Hall–Kier alpha value is -1.79. The van der Waals surface area contributed by atoms with Crippen molar-refractivity contribution in [3.05, 3.63) is 35.4 Å². The molecule has 2 rings (SSSR count). The van der Waals surface area contributed by atoms with Crippen LogP contribution in [0.25, 0.3) is 0 Å². The van der Waals surface area contributed by atoms with Gasteiger partial charge in [0.15, 0.2) is 0 Å². The van der Waals surface area contributed by atoms with Crippen molar-refractivity contribution in [3.8, 4) is 11.8 Å². The van der Waals surface area contributed by atoms with Crippen molar-refractivity contribution in [2.24, 2.45) is 11.8 Å². The van der Waals surface area contributed by atoms with Gasteiger partial charge in [-0.25, -0.2) is 0 Å². The number of amides is 1. The smallest absolute Gasteiger partial charge is 0.251 e. The van der Waals surface area contributed by atoms with E-state index in [4.69, 9.17) is 5.11 Å². The maximum atomic E-state index is 12.2. The number of rotatable bonds is 4. The van der Waals surface area contributed by atoms with Crippen molar-refractivity contribution in [2.75, 3.05) is 13.2 Å². The van der Waals surface area contributed by atoms with E-state index in [1.807, 2.05) is 18.2 Å². The Kier molecular flexibility index (Phi) is 5.83. The quantitative estimate of drug-likeness (QED) is 0.835. The molecular weight excluding hydrogens is 262 g/mol. The molecule has 2 unspecified atom stereocenters. The van der Waals surface area contributed by atoms with Crippen LogP contribution in [0.4, 0.5) is 0 Å². The number of hydrogen-bond donors (Lipinski definition) is 2. The molecule has 0 aromatic heterocycles. The van der Waals surface area contributed by atoms with Gasteiger partial charge in [-0.2, -0.15) is 0 Å². The van der Waals surface area contributed by atoms with Gasteiger partial charge in [-0.3, -0.25) is 4.79 Å². The van der Waals surface area contributed by atoms with Gasteiger partial charge in [-0.05, 0) is 42.9 Å². The minimum atomic E-state index is -0.0274. The molecule has 0 radical (unpaired) electrons. The number of aliphatic hydroxyl groups excluding tert-OH is 1. The lowest BCUT2D eigenvalue weighted by atomic mass is 10.1. The van der Waals surface area contributed by atoms with E-state index in [2.05, 4.69) is 24.1 Å². The van der Waals surface area contributed by atoms with Gasteiger partial charge in [-0.15, -0.1) is 0 Å². The molecule has 1 aliphatic rings. The Morgan fingerprint density at radius 1 is 1.43 bits per heavy atom. The second-order valence-electron chi connectivity index (χ2n) is 5.85. The number of aliphatic hydroxyl groups is 1. The first-order valence-corrected chi connectivity index (χ1v) is 7.67. The number of nitrogens with one attached hydrogen (secondary N) is 1. The molecule has 2 atom stereocenters. The first-order chi connectivity index (χ1) is 10.2. The highest BCUT2D eigenvalue weighted by Gasteiger charge is 2.21. The lowest BCUT2D eigenvalue weighted by Crippen LogP contribution is -2.28. The SMILES string of the molecule is CC1CCC(CNC(=O)c2cccc(C#CCCO)c2)C1. The molecule has 1 amide bonds. The summed E-state index contributed by atoms with van der Waals surface area (Å²) in [6, 6.07) is 7.33. The Morgan fingerprint density at radius 2 is 2.29 bits per heavy atom. The van der Waals surface area contributed by atoms with Crippen LogP contribution in [-0.4, -0.2) is 24.2 Å². The van der Waals surface area contributed by atoms with E-state index in [0.717, 1.165) is 18.0 Å². The number of benzene rings is 1. The standard InChI is InChI=1S/C18H23NO2/c1-14-8-9-16(11-14)13-19-18(21)17-7-4-6-15(12-17)5-2-3-10-20/h4,6-7,12,14,16,20H,3,8-11,13H2,1H3,(H,19,21). The van der Waals surface area contributed by atoms with Gasteiger partial charge in [0.25, 0.3) is 5.91 Å². The van der Waals surface area contributed by atoms with E-state index in [-0.39, 0.29) is 12.5 Å². The zero-order valence-corrected chi connectivity index (χ0v) is 12.6. The van der Waals surface area contributed by atoms with Crippen LogP contribution < -0.4 is 5.32 Å². The molecular formula is C18H23NO2. The molecule has 21 heavy (non-hydrogen) atoms. The Morgan fingerprint density at radius 3 is 3.00 bits per heavy atom. The van der Waals surface area contributed by atoms with Crippen LogP contribution in [0.5, 0.6) is 0 Å². The van der Waals surface area contributed by atoms with Crippen LogP contribution in [0.15, 0.2) is 24.3 Å². The minimum Gasteiger partial charge on any atom is -0.395 e. The summed E-state index contributed by atoms with van der Waals surface area (Å²) < 4.78 is 0. The number of carbonyl (C=O) groups excluding carboxylic acids is 1. The van der Waals surface area contributed by atoms with E-state index in [0.29, 0.717) is 17.9 Å². The third kappa shape index (κ3) is 4.91. The third-order valence-corrected chi connectivity index (χ3v) is 3.95. The van der Waals surface area contributed by atoms with Crippen molar-refractivity contribution >= 4 is 5.91 Å². The topological polar surface area (TPSA) is 49.3 Å². The van der Waals surface area contributed by atoms with Gasteiger partial charge in [0.1, 0.15) is 0 Å². The molecule has 0 saturated heterocycles. The Bertz CT molecular complexity index is 542. The van der Waals surface area contributed by atoms with Crippen LogP contribution in [0.2, 0.25) is 0 Å². The van der Waals surface area contributed by atoms with E-state index in [9.17, 15) is 4.79 Å². The first kappa shape index (κ1) is 15.6. The van der Waals surface area contributed by atoms with Gasteiger partial charge in [0.2, 0.25) is 0 Å². The van der Waals surface area contributed by atoms with Crippen molar-refractivity contribution in [1.29, 1.82) is 0 Å². The van der Waals surface area contributed by atoms with Crippen molar-refractivity contribution in [3.63, 3.8) is 0 Å². The fourth-order valence-electron chi connectivity index (χ4n) is 2.81. The molecule has 1 aliphatic carbocycles. The van der Waals surface area contributed by atoms with E-state index in [1.54, 1.807) is 6.07 Å². The van der Waals surface area contributed by atoms with Crippen molar-refractivity contribution in [2.45, 2.75) is 32.6 Å². The molecule has 1 aromatic rings. The molecule has 112 valence electrons. The summed E-state index contributed by atoms with van der Waals surface area (Å²) in [6.45, 7) is 3.10. The highest BCUT2D eigenvalue weighted by atomic mass is 16.2. The van der Waals surface area contributed by atoms with Gasteiger partial charge < -0.3 is 10.4 Å². The predicted molar refractivity (Wildman–Crippen MR) is 83.9 cm³/mol. The monoisotopic (exact) mass is 285 g/mol. The molecule has 0 bridgehead atoms. The predicted octanol–water partition coefficient (Wildman–Crippen LogP) is 2.59. The zero-order chi connectivity index (χ0) is 15.1.